The second kappa shape index (κ2) is 4.18. The Hall–Kier alpha value is -1.76. The monoisotopic (exact) mass is 197 g/mol. The van der Waals surface area contributed by atoms with E-state index in [4.69, 9.17) is 4.74 Å². The molecule has 1 nitrogen and oxygen atoms in total. The molecule has 0 saturated heterocycles. The fourth-order valence-corrected chi connectivity index (χ4v) is 1.40. The number of rotatable bonds is 2. The minimum absolute atomic E-state index is 0.825. The second-order valence-electron chi connectivity index (χ2n) is 3.54. The summed E-state index contributed by atoms with van der Waals surface area (Å²) < 4.78 is 5.76. The Morgan fingerprint density at radius 1 is 1.07 bits per heavy atom. The normalized spacial score (nSPS) is 10.0. The molecule has 0 saturated carbocycles. The van der Waals surface area contributed by atoms with E-state index >= 15 is 0 Å². The third-order valence-corrected chi connectivity index (χ3v) is 2.46. The van der Waals surface area contributed by atoms with Crippen molar-refractivity contribution in [2.45, 2.75) is 13.8 Å². The lowest BCUT2D eigenvalue weighted by Crippen LogP contribution is -1.89. The third kappa shape index (κ3) is 2.18. The van der Waals surface area contributed by atoms with Gasteiger partial charge in [0, 0.05) is 0 Å². The molecular formula is C14H13O. The summed E-state index contributed by atoms with van der Waals surface area (Å²) in [6.07, 6.45) is 0. The summed E-state index contributed by atoms with van der Waals surface area (Å²) in [7, 11) is 0. The van der Waals surface area contributed by atoms with Crippen LogP contribution in [0.2, 0.25) is 0 Å². The Kier molecular flexibility index (Phi) is 2.72. The predicted octanol–water partition coefficient (Wildman–Crippen LogP) is 3.90. The van der Waals surface area contributed by atoms with Crippen LogP contribution < -0.4 is 4.74 Å². The Morgan fingerprint density at radius 2 is 1.93 bits per heavy atom. The molecule has 0 aliphatic rings. The SMILES string of the molecule is Cc1cccc(Oc2c[c]ccc2)c1C. The van der Waals surface area contributed by atoms with Gasteiger partial charge in [0.05, 0.1) is 0 Å². The van der Waals surface area contributed by atoms with Crippen molar-refractivity contribution < 1.29 is 4.74 Å². The predicted molar refractivity (Wildman–Crippen MR) is 61.3 cm³/mol. The van der Waals surface area contributed by atoms with E-state index in [0.717, 1.165) is 11.5 Å². The number of ether oxygens (including phenoxy) is 1. The largest absolute Gasteiger partial charge is 0.457 e. The molecule has 0 N–H and O–H groups in total. The molecule has 0 aliphatic heterocycles. The van der Waals surface area contributed by atoms with Crippen LogP contribution >= 0.6 is 0 Å². The van der Waals surface area contributed by atoms with Crippen molar-refractivity contribution in [3.63, 3.8) is 0 Å². The van der Waals surface area contributed by atoms with Gasteiger partial charge in [-0.15, -0.1) is 0 Å². The molecule has 0 bridgehead atoms. The minimum Gasteiger partial charge on any atom is -0.457 e. The smallest absolute Gasteiger partial charge is 0.130 e. The highest BCUT2D eigenvalue weighted by Gasteiger charge is 2.02. The first-order chi connectivity index (χ1) is 7.27. The van der Waals surface area contributed by atoms with Gasteiger partial charge in [-0.1, -0.05) is 24.3 Å². The standard InChI is InChI=1S/C14H13O/c1-11-7-6-10-14(12(11)2)15-13-8-4-3-5-9-13/h3-4,6-10H,1-2H3. The van der Waals surface area contributed by atoms with E-state index in [9.17, 15) is 0 Å². The molecule has 0 atom stereocenters. The first-order valence-corrected chi connectivity index (χ1v) is 4.97. The summed E-state index contributed by atoms with van der Waals surface area (Å²) in [5, 5.41) is 0. The van der Waals surface area contributed by atoms with Crippen LogP contribution in [-0.2, 0) is 0 Å². The Bertz CT molecular complexity index is 446. The van der Waals surface area contributed by atoms with Crippen molar-refractivity contribution in [2.24, 2.45) is 0 Å². The van der Waals surface area contributed by atoms with Gasteiger partial charge in [0.2, 0.25) is 0 Å². The molecular weight excluding hydrogens is 184 g/mol. The number of aryl methyl sites for hydroxylation is 1. The molecule has 0 aliphatic carbocycles. The Labute approximate surface area is 90.3 Å². The highest BCUT2D eigenvalue weighted by atomic mass is 16.5. The summed E-state index contributed by atoms with van der Waals surface area (Å²) >= 11 is 0. The zero-order valence-corrected chi connectivity index (χ0v) is 8.95. The number of hydrogen-bond acceptors (Lipinski definition) is 1. The molecule has 15 heavy (non-hydrogen) atoms. The molecule has 2 aromatic rings. The molecule has 0 fully saturated rings. The van der Waals surface area contributed by atoms with Gasteiger partial charge < -0.3 is 4.74 Å². The lowest BCUT2D eigenvalue weighted by atomic mass is 10.1. The fourth-order valence-electron chi connectivity index (χ4n) is 1.40. The molecule has 0 unspecified atom stereocenters. The second-order valence-corrected chi connectivity index (χ2v) is 3.54. The molecule has 0 aromatic heterocycles. The minimum atomic E-state index is 0.825. The van der Waals surface area contributed by atoms with E-state index in [2.05, 4.69) is 26.0 Å². The van der Waals surface area contributed by atoms with Crippen molar-refractivity contribution in [3.05, 3.63) is 59.7 Å². The molecule has 2 rings (SSSR count). The topological polar surface area (TPSA) is 9.23 Å². The van der Waals surface area contributed by atoms with E-state index in [0.29, 0.717) is 0 Å². The first-order valence-electron chi connectivity index (χ1n) is 4.97. The molecule has 0 spiro atoms. The van der Waals surface area contributed by atoms with Gasteiger partial charge in [0.1, 0.15) is 11.5 Å². The lowest BCUT2D eigenvalue weighted by molar-refractivity contribution is 0.478. The van der Waals surface area contributed by atoms with Crippen LogP contribution in [0.1, 0.15) is 11.1 Å². The van der Waals surface area contributed by atoms with E-state index in [1.165, 1.54) is 11.1 Å². The Balaban J connectivity index is 2.29. The molecule has 75 valence electrons. The molecule has 2 aromatic carbocycles. The van der Waals surface area contributed by atoms with Gasteiger partial charge in [-0.3, -0.25) is 0 Å². The maximum atomic E-state index is 5.76. The summed E-state index contributed by atoms with van der Waals surface area (Å²) in [5.41, 5.74) is 2.42. The summed E-state index contributed by atoms with van der Waals surface area (Å²) in [6, 6.07) is 16.6. The van der Waals surface area contributed by atoms with Crippen LogP contribution in [-0.4, -0.2) is 0 Å². The fraction of sp³-hybridized carbons (Fsp3) is 0.143. The molecule has 1 radical (unpaired) electrons. The number of benzene rings is 2. The maximum absolute atomic E-state index is 5.76. The highest BCUT2D eigenvalue weighted by Crippen LogP contribution is 2.26. The molecule has 0 amide bonds. The van der Waals surface area contributed by atoms with E-state index in [1.54, 1.807) is 0 Å². The lowest BCUT2D eigenvalue weighted by Gasteiger charge is -2.09. The van der Waals surface area contributed by atoms with Gasteiger partial charge in [-0.05, 0) is 49.2 Å². The van der Waals surface area contributed by atoms with Gasteiger partial charge >= 0.3 is 0 Å². The third-order valence-electron chi connectivity index (χ3n) is 2.46. The van der Waals surface area contributed by atoms with Crippen LogP contribution in [0, 0.1) is 19.9 Å². The quantitative estimate of drug-likeness (QED) is 0.709. The number of hydrogen-bond donors (Lipinski definition) is 0. The van der Waals surface area contributed by atoms with Crippen LogP contribution in [0.3, 0.4) is 0 Å². The van der Waals surface area contributed by atoms with Gasteiger partial charge in [0.15, 0.2) is 0 Å². The average molecular weight is 197 g/mol. The summed E-state index contributed by atoms with van der Waals surface area (Å²) in [5.74, 6) is 1.74. The zero-order valence-electron chi connectivity index (χ0n) is 8.95. The zero-order chi connectivity index (χ0) is 10.7. The van der Waals surface area contributed by atoms with Crippen LogP contribution in [0.15, 0.2) is 42.5 Å². The van der Waals surface area contributed by atoms with Crippen LogP contribution in [0.5, 0.6) is 11.5 Å². The van der Waals surface area contributed by atoms with Gasteiger partial charge in [-0.2, -0.15) is 0 Å². The molecule has 1 heteroatoms. The van der Waals surface area contributed by atoms with Crippen molar-refractivity contribution in [1.82, 2.24) is 0 Å². The van der Waals surface area contributed by atoms with Crippen LogP contribution in [0.4, 0.5) is 0 Å². The highest BCUT2D eigenvalue weighted by molar-refractivity contribution is 5.41. The van der Waals surface area contributed by atoms with E-state index in [1.807, 2.05) is 36.4 Å². The van der Waals surface area contributed by atoms with Crippen molar-refractivity contribution in [1.29, 1.82) is 0 Å². The summed E-state index contributed by atoms with van der Waals surface area (Å²) in [4.78, 5) is 0. The average Bonchev–Trinajstić information content (AvgIpc) is 2.26. The van der Waals surface area contributed by atoms with Crippen LogP contribution in [0.25, 0.3) is 0 Å². The summed E-state index contributed by atoms with van der Waals surface area (Å²) in [6.45, 7) is 4.15. The van der Waals surface area contributed by atoms with Crippen molar-refractivity contribution in [2.75, 3.05) is 0 Å². The molecule has 0 heterocycles. The first kappa shape index (κ1) is 9.78. The van der Waals surface area contributed by atoms with E-state index < -0.39 is 0 Å². The van der Waals surface area contributed by atoms with Gasteiger partial charge in [0.25, 0.3) is 0 Å². The van der Waals surface area contributed by atoms with Gasteiger partial charge in [-0.25, -0.2) is 0 Å². The Morgan fingerprint density at radius 3 is 2.67 bits per heavy atom. The maximum Gasteiger partial charge on any atom is 0.130 e. The van der Waals surface area contributed by atoms with Crippen molar-refractivity contribution >= 4 is 0 Å². The van der Waals surface area contributed by atoms with Crippen molar-refractivity contribution in [3.8, 4) is 11.5 Å². The van der Waals surface area contributed by atoms with E-state index in [-0.39, 0.29) is 0 Å².